The minimum Gasteiger partial charge on any atom is -0.0985 e. The first-order valence-corrected chi connectivity index (χ1v) is 4.61. The van der Waals surface area contributed by atoms with E-state index in [9.17, 15) is 0 Å². The Morgan fingerprint density at radius 1 is 1.07 bits per heavy atom. The van der Waals surface area contributed by atoms with Gasteiger partial charge >= 0.3 is 0 Å². The lowest BCUT2D eigenvalue weighted by Crippen LogP contribution is -1.78. The number of hydrogen-bond donors (Lipinski definition) is 0. The highest BCUT2D eigenvalue weighted by Crippen LogP contribution is 2.10. The van der Waals surface area contributed by atoms with Crippen LogP contribution in [-0.4, -0.2) is 0 Å². The SMILES string of the molecule is C=CC(=C)/C(C=C)=C/C=C(C)\C=C/C. The maximum Gasteiger partial charge on any atom is -0.0196 e. The predicted molar refractivity (Wildman–Crippen MR) is 66.2 cm³/mol. The van der Waals surface area contributed by atoms with Gasteiger partial charge in [0.1, 0.15) is 0 Å². The highest BCUT2D eigenvalue weighted by molar-refractivity contribution is 5.45. The van der Waals surface area contributed by atoms with Gasteiger partial charge in [0.15, 0.2) is 0 Å². The molecule has 0 spiro atoms. The van der Waals surface area contributed by atoms with E-state index in [0.717, 1.165) is 11.1 Å². The van der Waals surface area contributed by atoms with Crippen LogP contribution in [0.15, 0.2) is 72.9 Å². The highest BCUT2D eigenvalue weighted by Gasteiger charge is 1.90. The van der Waals surface area contributed by atoms with E-state index in [0.29, 0.717) is 0 Å². The highest BCUT2D eigenvalue weighted by atomic mass is 14.0. The van der Waals surface area contributed by atoms with Gasteiger partial charge in [0.05, 0.1) is 0 Å². The summed E-state index contributed by atoms with van der Waals surface area (Å²) < 4.78 is 0. The molecule has 0 aromatic rings. The molecule has 0 saturated heterocycles. The van der Waals surface area contributed by atoms with Crippen LogP contribution in [0.3, 0.4) is 0 Å². The van der Waals surface area contributed by atoms with Crippen molar-refractivity contribution in [3.05, 3.63) is 72.9 Å². The van der Waals surface area contributed by atoms with Crippen LogP contribution < -0.4 is 0 Å². The minimum atomic E-state index is 0.893. The third-order valence-corrected chi connectivity index (χ3v) is 1.79. The van der Waals surface area contributed by atoms with E-state index in [-0.39, 0.29) is 0 Å². The van der Waals surface area contributed by atoms with E-state index in [4.69, 9.17) is 0 Å². The molecule has 0 radical (unpaired) electrons. The van der Waals surface area contributed by atoms with Gasteiger partial charge < -0.3 is 0 Å². The third-order valence-electron chi connectivity index (χ3n) is 1.79. The average molecular weight is 186 g/mol. The summed E-state index contributed by atoms with van der Waals surface area (Å²) >= 11 is 0. The van der Waals surface area contributed by atoms with Gasteiger partial charge in [-0.15, -0.1) is 0 Å². The zero-order chi connectivity index (χ0) is 11.0. The first-order valence-electron chi connectivity index (χ1n) is 4.61. The molecule has 0 aliphatic rings. The van der Waals surface area contributed by atoms with Crippen molar-refractivity contribution in [3.63, 3.8) is 0 Å². The molecular weight excluding hydrogens is 168 g/mol. The Morgan fingerprint density at radius 2 is 1.71 bits per heavy atom. The Hall–Kier alpha value is -1.56. The summed E-state index contributed by atoms with van der Waals surface area (Å²) in [7, 11) is 0. The van der Waals surface area contributed by atoms with Crippen LogP contribution in [-0.2, 0) is 0 Å². The van der Waals surface area contributed by atoms with E-state index in [1.807, 2.05) is 38.2 Å². The van der Waals surface area contributed by atoms with Gasteiger partial charge in [-0.05, 0) is 25.0 Å². The van der Waals surface area contributed by atoms with Crippen molar-refractivity contribution in [3.8, 4) is 0 Å². The molecule has 0 fully saturated rings. The topological polar surface area (TPSA) is 0 Å². The third kappa shape index (κ3) is 4.46. The predicted octanol–water partition coefficient (Wildman–Crippen LogP) is 4.36. The second-order valence-corrected chi connectivity index (χ2v) is 2.97. The van der Waals surface area contributed by atoms with E-state index >= 15 is 0 Å². The van der Waals surface area contributed by atoms with Crippen LogP contribution in [0, 0.1) is 0 Å². The molecule has 0 unspecified atom stereocenters. The Kier molecular flexibility index (Phi) is 6.13. The molecule has 0 aromatic carbocycles. The van der Waals surface area contributed by atoms with Crippen LogP contribution in [0.5, 0.6) is 0 Å². The molecule has 0 aromatic heterocycles. The summed E-state index contributed by atoms with van der Waals surface area (Å²) in [5.74, 6) is 0. The molecule has 0 aliphatic heterocycles. The maximum absolute atomic E-state index is 3.86. The van der Waals surface area contributed by atoms with Crippen LogP contribution in [0.4, 0.5) is 0 Å². The molecule has 0 heterocycles. The van der Waals surface area contributed by atoms with Gasteiger partial charge in [-0.3, -0.25) is 0 Å². The van der Waals surface area contributed by atoms with Crippen LogP contribution in [0.25, 0.3) is 0 Å². The monoisotopic (exact) mass is 186 g/mol. The lowest BCUT2D eigenvalue weighted by Gasteiger charge is -1.98. The van der Waals surface area contributed by atoms with Crippen LogP contribution in [0.1, 0.15) is 13.8 Å². The van der Waals surface area contributed by atoms with Crippen molar-refractivity contribution in [1.29, 1.82) is 0 Å². The summed E-state index contributed by atoms with van der Waals surface area (Å²) in [6.07, 6.45) is 11.6. The number of rotatable bonds is 5. The van der Waals surface area contributed by atoms with E-state index in [2.05, 4.69) is 19.7 Å². The number of hydrogen-bond acceptors (Lipinski definition) is 0. The summed E-state index contributed by atoms with van der Waals surface area (Å²) in [6.45, 7) is 15.3. The molecular formula is C14H18. The minimum absolute atomic E-state index is 0.893. The molecule has 0 atom stereocenters. The zero-order valence-corrected chi connectivity index (χ0v) is 9.09. The Labute approximate surface area is 87.3 Å². The largest absolute Gasteiger partial charge is 0.0985 e. The Balaban J connectivity index is 4.78. The van der Waals surface area contributed by atoms with Crippen molar-refractivity contribution in [1.82, 2.24) is 0 Å². The van der Waals surface area contributed by atoms with Crippen LogP contribution in [0.2, 0.25) is 0 Å². The lowest BCUT2D eigenvalue weighted by atomic mass is 10.1. The first-order chi connectivity index (χ1) is 6.65. The molecule has 0 amide bonds. The zero-order valence-electron chi connectivity index (χ0n) is 9.09. The summed E-state index contributed by atoms with van der Waals surface area (Å²) in [6, 6.07) is 0. The van der Waals surface area contributed by atoms with Gasteiger partial charge in [-0.1, -0.05) is 61.8 Å². The van der Waals surface area contributed by atoms with Crippen molar-refractivity contribution < 1.29 is 0 Å². The maximum atomic E-state index is 3.86. The quantitative estimate of drug-likeness (QED) is 0.559. The Bertz CT molecular complexity index is 309. The van der Waals surface area contributed by atoms with E-state index < -0.39 is 0 Å². The fourth-order valence-corrected chi connectivity index (χ4v) is 0.964. The van der Waals surface area contributed by atoms with Gasteiger partial charge in [-0.2, -0.15) is 0 Å². The van der Waals surface area contributed by atoms with Crippen molar-refractivity contribution in [2.45, 2.75) is 13.8 Å². The van der Waals surface area contributed by atoms with Crippen molar-refractivity contribution >= 4 is 0 Å². The average Bonchev–Trinajstić information content (AvgIpc) is 2.18. The van der Waals surface area contributed by atoms with Gasteiger partial charge in [0.25, 0.3) is 0 Å². The summed E-state index contributed by atoms with van der Waals surface area (Å²) in [5.41, 5.74) is 3.09. The second kappa shape index (κ2) is 6.90. The van der Waals surface area contributed by atoms with Gasteiger partial charge in [-0.25, -0.2) is 0 Å². The van der Waals surface area contributed by atoms with E-state index in [1.165, 1.54) is 5.57 Å². The van der Waals surface area contributed by atoms with Crippen LogP contribution >= 0.6 is 0 Å². The summed E-state index contributed by atoms with van der Waals surface area (Å²) in [5, 5.41) is 0. The lowest BCUT2D eigenvalue weighted by molar-refractivity contribution is 1.48. The number of allylic oxidation sites excluding steroid dienone is 9. The fourth-order valence-electron chi connectivity index (χ4n) is 0.964. The molecule has 0 nitrogen and oxygen atoms in total. The standard InChI is InChI=1S/C14H18/c1-6-9-12(4)10-11-14(8-3)13(5)7-2/h6-11H,2-3,5H2,1,4H3/b9-6-,12-10-,14-11+. The fraction of sp³-hybridized carbons (Fsp3) is 0.143. The molecule has 0 bridgehead atoms. The van der Waals surface area contributed by atoms with Gasteiger partial charge in [0.2, 0.25) is 0 Å². The smallest absolute Gasteiger partial charge is 0.0196 e. The van der Waals surface area contributed by atoms with Crippen molar-refractivity contribution in [2.24, 2.45) is 0 Å². The second-order valence-electron chi connectivity index (χ2n) is 2.97. The van der Waals surface area contributed by atoms with Crippen molar-refractivity contribution in [2.75, 3.05) is 0 Å². The molecule has 0 rings (SSSR count). The molecule has 74 valence electrons. The Morgan fingerprint density at radius 3 is 2.14 bits per heavy atom. The molecule has 0 saturated carbocycles. The molecule has 14 heavy (non-hydrogen) atoms. The molecule has 0 N–H and O–H groups in total. The summed E-state index contributed by atoms with van der Waals surface area (Å²) in [4.78, 5) is 0. The molecule has 0 aliphatic carbocycles. The van der Waals surface area contributed by atoms with E-state index in [1.54, 1.807) is 12.2 Å². The normalized spacial score (nSPS) is 13.0. The first kappa shape index (κ1) is 12.4. The molecule has 0 heteroatoms. The van der Waals surface area contributed by atoms with Gasteiger partial charge in [0, 0.05) is 0 Å².